The van der Waals surface area contributed by atoms with Gasteiger partial charge in [-0.2, -0.15) is 0 Å². The van der Waals surface area contributed by atoms with Crippen molar-refractivity contribution in [1.29, 1.82) is 0 Å². The number of halogens is 1. The van der Waals surface area contributed by atoms with Crippen LogP contribution in [-0.2, 0) is 13.0 Å². The maximum atomic E-state index is 12.7. The molecule has 0 bridgehead atoms. The second-order valence-electron chi connectivity index (χ2n) is 5.55. The number of anilines is 1. The van der Waals surface area contributed by atoms with Crippen molar-refractivity contribution in [3.05, 3.63) is 81.8 Å². The summed E-state index contributed by atoms with van der Waals surface area (Å²) in [4.78, 5) is 19.9. The van der Waals surface area contributed by atoms with Gasteiger partial charge in [-0.25, -0.2) is 4.79 Å². The van der Waals surface area contributed by atoms with Gasteiger partial charge in [0.25, 0.3) is 0 Å². The van der Waals surface area contributed by atoms with Crippen LogP contribution in [0.1, 0.15) is 10.4 Å². The van der Waals surface area contributed by atoms with E-state index in [0.717, 1.165) is 17.7 Å². The van der Waals surface area contributed by atoms with Crippen LogP contribution in [0, 0.1) is 0 Å². The monoisotopic (exact) mass is 371 g/mol. The molecule has 2 amide bonds. The van der Waals surface area contributed by atoms with E-state index in [1.54, 1.807) is 52.9 Å². The highest BCUT2D eigenvalue weighted by Gasteiger charge is 2.15. The quantitative estimate of drug-likeness (QED) is 0.657. The van der Waals surface area contributed by atoms with E-state index in [1.807, 2.05) is 18.2 Å². The summed E-state index contributed by atoms with van der Waals surface area (Å²) in [6.45, 7) is 1.15. The zero-order valence-electron chi connectivity index (χ0n) is 13.6. The largest absolute Gasteiger partial charge is 0.322 e. The van der Waals surface area contributed by atoms with Gasteiger partial charge in [-0.1, -0.05) is 23.7 Å². The fourth-order valence-electron chi connectivity index (χ4n) is 2.40. The standard InChI is InChI=1S/C19H18ClN3OS/c20-16-5-7-17(8-6-16)22-19(24)23(11-9-18-4-2-12-25-18)14-15-3-1-10-21-13-15/h1-8,10,12-13H,9,11,14H2,(H,22,24). The van der Waals surface area contributed by atoms with Crippen molar-refractivity contribution in [2.75, 3.05) is 11.9 Å². The highest BCUT2D eigenvalue weighted by molar-refractivity contribution is 7.09. The van der Waals surface area contributed by atoms with E-state index < -0.39 is 0 Å². The molecule has 3 aromatic rings. The third-order valence-corrected chi connectivity index (χ3v) is 4.88. The van der Waals surface area contributed by atoms with Crippen LogP contribution in [0.2, 0.25) is 5.02 Å². The number of benzene rings is 1. The second kappa shape index (κ2) is 8.65. The Hall–Kier alpha value is -2.37. The zero-order valence-corrected chi connectivity index (χ0v) is 15.1. The summed E-state index contributed by atoms with van der Waals surface area (Å²) in [5.41, 5.74) is 1.72. The van der Waals surface area contributed by atoms with Gasteiger partial charge >= 0.3 is 6.03 Å². The Morgan fingerprint density at radius 3 is 2.68 bits per heavy atom. The normalized spacial score (nSPS) is 10.4. The number of nitrogens with one attached hydrogen (secondary N) is 1. The minimum Gasteiger partial charge on any atom is -0.320 e. The topological polar surface area (TPSA) is 45.2 Å². The lowest BCUT2D eigenvalue weighted by molar-refractivity contribution is 0.210. The number of thiophene rings is 1. The Balaban J connectivity index is 1.69. The molecule has 2 aromatic heterocycles. The van der Waals surface area contributed by atoms with Crippen LogP contribution < -0.4 is 5.32 Å². The number of hydrogen-bond acceptors (Lipinski definition) is 3. The Bertz CT molecular complexity index is 791. The molecule has 0 atom stereocenters. The second-order valence-corrected chi connectivity index (χ2v) is 7.02. The number of rotatable bonds is 6. The highest BCUT2D eigenvalue weighted by atomic mass is 35.5. The summed E-state index contributed by atoms with van der Waals surface area (Å²) in [5.74, 6) is 0. The average Bonchev–Trinajstić information content (AvgIpc) is 3.15. The number of carbonyl (C=O) groups excluding carboxylic acids is 1. The SMILES string of the molecule is O=C(Nc1ccc(Cl)cc1)N(CCc1cccs1)Cc1cccnc1. The van der Waals surface area contributed by atoms with Gasteiger partial charge in [0.15, 0.2) is 0 Å². The lowest BCUT2D eigenvalue weighted by Crippen LogP contribution is -2.36. The van der Waals surface area contributed by atoms with E-state index in [-0.39, 0.29) is 6.03 Å². The maximum absolute atomic E-state index is 12.7. The van der Waals surface area contributed by atoms with Crippen LogP contribution in [0.5, 0.6) is 0 Å². The molecule has 1 N–H and O–H groups in total. The molecule has 0 unspecified atom stereocenters. The first-order valence-corrected chi connectivity index (χ1v) is 9.19. The van der Waals surface area contributed by atoms with Crippen LogP contribution in [0.4, 0.5) is 10.5 Å². The van der Waals surface area contributed by atoms with E-state index in [4.69, 9.17) is 11.6 Å². The van der Waals surface area contributed by atoms with Gasteiger partial charge in [-0.05, 0) is 53.8 Å². The molecule has 0 aliphatic heterocycles. The Morgan fingerprint density at radius 1 is 1.16 bits per heavy atom. The number of hydrogen-bond donors (Lipinski definition) is 1. The number of urea groups is 1. The van der Waals surface area contributed by atoms with Crippen LogP contribution in [0.25, 0.3) is 0 Å². The molecule has 0 spiro atoms. The molecule has 0 saturated heterocycles. The van der Waals surface area contributed by atoms with Crippen LogP contribution in [0.15, 0.2) is 66.3 Å². The molecule has 0 saturated carbocycles. The molecule has 0 radical (unpaired) electrons. The fourth-order valence-corrected chi connectivity index (χ4v) is 3.22. The molecule has 25 heavy (non-hydrogen) atoms. The van der Waals surface area contributed by atoms with Crippen molar-refractivity contribution in [3.8, 4) is 0 Å². The van der Waals surface area contributed by atoms with Crippen LogP contribution in [0.3, 0.4) is 0 Å². The van der Waals surface area contributed by atoms with E-state index in [0.29, 0.717) is 18.1 Å². The van der Waals surface area contributed by atoms with E-state index in [9.17, 15) is 4.79 Å². The first-order valence-electron chi connectivity index (χ1n) is 7.93. The predicted octanol–water partition coefficient (Wildman–Crippen LogP) is 5.07. The van der Waals surface area contributed by atoms with Gasteiger partial charge in [-0.15, -0.1) is 11.3 Å². The molecule has 4 nitrogen and oxygen atoms in total. The van der Waals surface area contributed by atoms with E-state index in [1.165, 1.54) is 4.88 Å². The molecule has 3 rings (SSSR count). The third kappa shape index (κ3) is 5.31. The summed E-state index contributed by atoms with van der Waals surface area (Å²) in [5, 5.41) is 5.62. The number of aromatic nitrogens is 1. The summed E-state index contributed by atoms with van der Waals surface area (Å²) in [7, 11) is 0. The molecule has 0 aliphatic rings. The van der Waals surface area contributed by atoms with Crippen molar-refractivity contribution < 1.29 is 4.79 Å². The molecule has 0 fully saturated rings. The van der Waals surface area contributed by atoms with Crippen molar-refractivity contribution in [1.82, 2.24) is 9.88 Å². The van der Waals surface area contributed by atoms with Crippen molar-refractivity contribution in [3.63, 3.8) is 0 Å². The molecule has 128 valence electrons. The third-order valence-electron chi connectivity index (χ3n) is 3.69. The Kier molecular flexibility index (Phi) is 6.04. The average molecular weight is 372 g/mol. The van der Waals surface area contributed by atoms with Crippen LogP contribution in [-0.4, -0.2) is 22.5 Å². The maximum Gasteiger partial charge on any atom is 0.322 e. The molecular formula is C19H18ClN3OS. The number of pyridine rings is 1. The minimum atomic E-state index is -0.136. The molecule has 1 aromatic carbocycles. The summed E-state index contributed by atoms with van der Waals surface area (Å²) in [6.07, 6.45) is 4.34. The van der Waals surface area contributed by atoms with Gasteiger partial charge in [-0.3, -0.25) is 4.98 Å². The van der Waals surface area contributed by atoms with Crippen LogP contribution >= 0.6 is 22.9 Å². The summed E-state index contributed by atoms with van der Waals surface area (Å²) >= 11 is 7.60. The number of amides is 2. The number of carbonyl (C=O) groups is 1. The molecule has 2 heterocycles. The molecule has 0 aliphatic carbocycles. The molecule has 6 heteroatoms. The van der Waals surface area contributed by atoms with Gasteiger partial charge in [0.05, 0.1) is 0 Å². The van der Waals surface area contributed by atoms with Crippen molar-refractivity contribution in [2.45, 2.75) is 13.0 Å². The predicted molar refractivity (Wildman–Crippen MR) is 103 cm³/mol. The smallest absolute Gasteiger partial charge is 0.320 e. The van der Waals surface area contributed by atoms with Gasteiger partial charge in [0.1, 0.15) is 0 Å². The lowest BCUT2D eigenvalue weighted by atomic mass is 10.2. The van der Waals surface area contributed by atoms with Gasteiger partial charge in [0.2, 0.25) is 0 Å². The van der Waals surface area contributed by atoms with Gasteiger partial charge in [0, 0.05) is 41.1 Å². The fraction of sp³-hybridized carbons (Fsp3) is 0.158. The molecular weight excluding hydrogens is 354 g/mol. The zero-order chi connectivity index (χ0) is 17.5. The van der Waals surface area contributed by atoms with Crippen molar-refractivity contribution >= 4 is 34.7 Å². The van der Waals surface area contributed by atoms with E-state index >= 15 is 0 Å². The van der Waals surface area contributed by atoms with Crippen molar-refractivity contribution in [2.24, 2.45) is 0 Å². The first-order chi connectivity index (χ1) is 12.2. The lowest BCUT2D eigenvalue weighted by Gasteiger charge is -2.23. The summed E-state index contributed by atoms with van der Waals surface area (Å²) in [6, 6.07) is 14.9. The highest BCUT2D eigenvalue weighted by Crippen LogP contribution is 2.16. The van der Waals surface area contributed by atoms with E-state index in [2.05, 4.69) is 21.7 Å². The minimum absolute atomic E-state index is 0.136. The Morgan fingerprint density at radius 2 is 2.00 bits per heavy atom. The summed E-state index contributed by atoms with van der Waals surface area (Å²) < 4.78 is 0. The van der Waals surface area contributed by atoms with Gasteiger partial charge < -0.3 is 10.2 Å². The Labute approximate surface area is 156 Å². The first kappa shape index (κ1) is 17.5. The number of nitrogens with zero attached hydrogens (tertiary/aromatic N) is 2.